The molecule has 0 spiro atoms. The van der Waals surface area contributed by atoms with Crippen molar-refractivity contribution in [3.63, 3.8) is 0 Å². The number of nitrogens with two attached hydrogens (primary N) is 1. The number of rotatable bonds is 2. The van der Waals surface area contributed by atoms with E-state index in [1.54, 1.807) is 7.11 Å². The number of nitrogens with zero attached hydrogens (tertiary/aromatic N) is 1. The highest BCUT2D eigenvalue weighted by Gasteiger charge is 2.27. The third-order valence-electron chi connectivity index (χ3n) is 3.66. The van der Waals surface area contributed by atoms with Crippen LogP contribution < -0.4 is 15.2 Å². The minimum atomic E-state index is -0.0554. The van der Waals surface area contributed by atoms with E-state index in [1.165, 1.54) is 0 Å². The summed E-state index contributed by atoms with van der Waals surface area (Å²) in [7, 11) is 1.65. The molecule has 0 radical (unpaired) electrons. The third kappa shape index (κ3) is 2.34. The Morgan fingerprint density at radius 1 is 1.30 bits per heavy atom. The second-order valence-electron chi connectivity index (χ2n) is 5.09. The molecule has 2 N–H and O–H groups in total. The monoisotopic (exact) mass is 270 g/mol. The van der Waals surface area contributed by atoms with Crippen LogP contribution in [0.1, 0.15) is 35.4 Å². The molecule has 1 aliphatic heterocycles. The van der Waals surface area contributed by atoms with Crippen LogP contribution in [0.25, 0.3) is 0 Å². The van der Waals surface area contributed by atoms with Crippen molar-refractivity contribution >= 4 is 0 Å². The Hall–Kier alpha value is -2.07. The molecule has 1 aromatic heterocycles. The molecule has 0 saturated carbocycles. The highest BCUT2D eigenvalue weighted by atomic mass is 16.5. The number of aromatic nitrogens is 1. The van der Waals surface area contributed by atoms with E-state index in [0.29, 0.717) is 0 Å². The van der Waals surface area contributed by atoms with Crippen LogP contribution in [-0.2, 0) is 0 Å². The van der Waals surface area contributed by atoms with E-state index < -0.39 is 0 Å². The second kappa shape index (κ2) is 5.13. The van der Waals surface area contributed by atoms with Crippen molar-refractivity contribution in [2.24, 2.45) is 5.73 Å². The molecule has 0 bridgehead atoms. The Kier molecular flexibility index (Phi) is 3.32. The average molecular weight is 270 g/mol. The van der Waals surface area contributed by atoms with Crippen molar-refractivity contribution in [1.82, 2.24) is 4.98 Å². The van der Waals surface area contributed by atoms with Crippen LogP contribution in [0.3, 0.4) is 0 Å². The number of pyridine rings is 1. The van der Waals surface area contributed by atoms with Crippen molar-refractivity contribution in [1.29, 1.82) is 0 Å². The van der Waals surface area contributed by atoms with E-state index >= 15 is 0 Å². The predicted octanol–water partition coefficient (Wildman–Crippen LogP) is 2.92. The number of hydrogen-bond donors (Lipinski definition) is 1. The Balaban J connectivity index is 1.90. The van der Waals surface area contributed by atoms with Crippen LogP contribution in [0.2, 0.25) is 0 Å². The topological polar surface area (TPSA) is 57.4 Å². The zero-order valence-corrected chi connectivity index (χ0v) is 11.7. The van der Waals surface area contributed by atoms with Crippen LogP contribution in [0.4, 0.5) is 0 Å². The van der Waals surface area contributed by atoms with Crippen molar-refractivity contribution in [2.75, 3.05) is 7.11 Å². The summed E-state index contributed by atoms with van der Waals surface area (Å²) in [5.41, 5.74) is 9.33. The minimum absolute atomic E-state index is 0.0426. The molecular formula is C16H18N2O2. The first-order valence-corrected chi connectivity index (χ1v) is 6.70. The quantitative estimate of drug-likeness (QED) is 0.911. The number of benzene rings is 1. The molecule has 0 fully saturated rings. The molecule has 0 saturated heterocycles. The molecule has 4 heteroatoms. The molecule has 2 heterocycles. The molecule has 0 aliphatic carbocycles. The molecule has 0 amide bonds. The van der Waals surface area contributed by atoms with E-state index in [-0.39, 0.29) is 12.1 Å². The highest BCUT2D eigenvalue weighted by molar-refractivity contribution is 5.44. The Morgan fingerprint density at radius 3 is 2.85 bits per heavy atom. The molecule has 3 rings (SSSR count). The van der Waals surface area contributed by atoms with Crippen LogP contribution >= 0.6 is 0 Å². The fourth-order valence-electron chi connectivity index (χ4n) is 2.48. The van der Waals surface area contributed by atoms with Gasteiger partial charge in [0.1, 0.15) is 17.6 Å². The normalized spacial score (nSPS) is 20.9. The lowest BCUT2D eigenvalue weighted by Crippen LogP contribution is -2.24. The van der Waals surface area contributed by atoms with Gasteiger partial charge in [0.15, 0.2) is 0 Å². The molecule has 20 heavy (non-hydrogen) atoms. The van der Waals surface area contributed by atoms with Gasteiger partial charge in [-0.05, 0) is 31.2 Å². The fraction of sp³-hybridized carbons (Fsp3) is 0.312. The minimum Gasteiger partial charge on any atom is -0.497 e. The zero-order valence-electron chi connectivity index (χ0n) is 11.7. The SMILES string of the molecule is COc1ccc2c(c1)[C@H](N)CC(c1ccc(C)nc1)O2. The molecule has 4 nitrogen and oxygen atoms in total. The summed E-state index contributed by atoms with van der Waals surface area (Å²) in [5, 5.41) is 0. The van der Waals surface area contributed by atoms with E-state index in [0.717, 1.165) is 34.7 Å². The molecule has 1 aliphatic rings. The smallest absolute Gasteiger partial charge is 0.127 e. The first-order valence-electron chi connectivity index (χ1n) is 6.70. The summed E-state index contributed by atoms with van der Waals surface area (Å²) >= 11 is 0. The van der Waals surface area contributed by atoms with Crippen LogP contribution in [0.15, 0.2) is 36.5 Å². The van der Waals surface area contributed by atoms with Gasteiger partial charge in [-0.25, -0.2) is 0 Å². The van der Waals surface area contributed by atoms with Gasteiger partial charge in [0.05, 0.1) is 7.11 Å². The molecule has 2 atom stereocenters. The molecule has 1 unspecified atom stereocenters. The lowest BCUT2D eigenvalue weighted by atomic mass is 9.94. The van der Waals surface area contributed by atoms with Gasteiger partial charge < -0.3 is 15.2 Å². The molecule has 2 aromatic rings. The van der Waals surface area contributed by atoms with Crippen molar-refractivity contribution in [3.05, 3.63) is 53.3 Å². The maximum Gasteiger partial charge on any atom is 0.127 e. The van der Waals surface area contributed by atoms with Crippen molar-refractivity contribution in [3.8, 4) is 11.5 Å². The summed E-state index contributed by atoms with van der Waals surface area (Å²) in [5.74, 6) is 1.63. The fourth-order valence-corrected chi connectivity index (χ4v) is 2.48. The predicted molar refractivity (Wildman–Crippen MR) is 76.9 cm³/mol. The van der Waals surface area contributed by atoms with Gasteiger partial charge in [-0.3, -0.25) is 4.98 Å². The number of hydrogen-bond acceptors (Lipinski definition) is 4. The highest BCUT2D eigenvalue weighted by Crippen LogP contribution is 2.40. The molecule has 104 valence electrons. The standard InChI is InChI=1S/C16H18N2O2/c1-10-3-4-11(9-18-10)16-8-14(17)13-7-12(19-2)5-6-15(13)20-16/h3-7,9,14,16H,8,17H2,1-2H3/t14-,16?/m1/s1. The van der Waals surface area contributed by atoms with Crippen LogP contribution in [0.5, 0.6) is 11.5 Å². The first kappa shape index (κ1) is 12.9. The van der Waals surface area contributed by atoms with Gasteiger partial charge in [-0.15, -0.1) is 0 Å². The van der Waals surface area contributed by atoms with Gasteiger partial charge in [-0.2, -0.15) is 0 Å². The van der Waals surface area contributed by atoms with E-state index in [2.05, 4.69) is 4.98 Å². The summed E-state index contributed by atoms with van der Waals surface area (Å²) in [6.07, 6.45) is 2.56. The largest absolute Gasteiger partial charge is 0.497 e. The van der Waals surface area contributed by atoms with E-state index in [9.17, 15) is 0 Å². The maximum atomic E-state index is 6.27. The Morgan fingerprint density at radius 2 is 2.15 bits per heavy atom. The van der Waals surface area contributed by atoms with E-state index in [4.69, 9.17) is 15.2 Å². The van der Waals surface area contributed by atoms with Crippen LogP contribution in [0, 0.1) is 6.92 Å². The average Bonchev–Trinajstić information content (AvgIpc) is 2.47. The van der Waals surface area contributed by atoms with Gasteiger partial charge in [0.25, 0.3) is 0 Å². The number of ether oxygens (including phenoxy) is 2. The lowest BCUT2D eigenvalue weighted by molar-refractivity contribution is 0.161. The van der Waals surface area contributed by atoms with E-state index in [1.807, 2.05) is 43.5 Å². The molecular weight excluding hydrogens is 252 g/mol. The third-order valence-corrected chi connectivity index (χ3v) is 3.66. The van der Waals surface area contributed by atoms with Crippen molar-refractivity contribution < 1.29 is 9.47 Å². The number of methoxy groups -OCH3 is 1. The molecule has 1 aromatic carbocycles. The first-order chi connectivity index (χ1) is 9.67. The van der Waals surface area contributed by atoms with Gasteiger partial charge in [0.2, 0.25) is 0 Å². The summed E-state index contributed by atoms with van der Waals surface area (Å²) < 4.78 is 11.3. The summed E-state index contributed by atoms with van der Waals surface area (Å²) in [6.45, 7) is 1.97. The van der Waals surface area contributed by atoms with Crippen molar-refractivity contribution in [2.45, 2.75) is 25.5 Å². The summed E-state index contributed by atoms with van der Waals surface area (Å²) in [6, 6.07) is 9.74. The van der Waals surface area contributed by atoms with Gasteiger partial charge in [0, 0.05) is 35.5 Å². The Labute approximate surface area is 118 Å². The lowest BCUT2D eigenvalue weighted by Gasteiger charge is -2.30. The summed E-state index contributed by atoms with van der Waals surface area (Å²) in [4.78, 5) is 4.32. The van der Waals surface area contributed by atoms with Gasteiger partial charge >= 0.3 is 0 Å². The maximum absolute atomic E-state index is 6.27. The van der Waals surface area contributed by atoms with Gasteiger partial charge in [-0.1, -0.05) is 6.07 Å². The number of aryl methyl sites for hydroxylation is 1. The second-order valence-corrected chi connectivity index (χ2v) is 5.09. The zero-order chi connectivity index (χ0) is 14.1. The number of fused-ring (bicyclic) bond motifs is 1. The van der Waals surface area contributed by atoms with Crippen LogP contribution in [-0.4, -0.2) is 12.1 Å². The Bertz CT molecular complexity index is 610.